The van der Waals surface area contributed by atoms with Crippen LogP contribution < -0.4 is 10.6 Å². The van der Waals surface area contributed by atoms with Crippen LogP contribution in [-0.2, 0) is 10.0 Å². The number of benzene rings is 1. The molecular formula is C19H27N5O2S3. The highest BCUT2D eigenvalue weighted by Crippen LogP contribution is 2.29. The van der Waals surface area contributed by atoms with Crippen LogP contribution in [0.25, 0.3) is 10.2 Å². The normalized spacial score (nSPS) is 20.0. The first kappa shape index (κ1) is 20.9. The van der Waals surface area contributed by atoms with E-state index in [1.807, 2.05) is 7.05 Å². The van der Waals surface area contributed by atoms with Gasteiger partial charge in [0.1, 0.15) is 0 Å². The third-order valence-electron chi connectivity index (χ3n) is 5.62. The van der Waals surface area contributed by atoms with E-state index in [9.17, 15) is 8.42 Å². The molecule has 7 nitrogen and oxygen atoms in total. The van der Waals surface area contributed by atoms with E-state index >= 15 is 0 Å². The number of thiocarbonyl (C=S) groups is 1. The third kappa shape index (κ3) is 4.88. The number of rotatable bonds is 4. The van der Waals surface area contributed by atoms with Crippen molar-refractivity contribution < 1.29 is 8.42 Å². The second-order valence-corrected chi connectivity index (χ2v) is 11.2. The van der Waals surface area contributed by atoms with E-state index in [-0.39, 0.29) is 0 Å². The monoisotopic (exact) mass is 453 g/mol. The van der Waals surface area contributed by atoms with Crippen molar-refractivity contribution in [1.82, 2.24) is 19.5 Å². The summed E-state index contributed by atoms with van der Waals surface area (Å²) in [6, 6.07) is 5.58. The lowest BCUT2D eigenvalue weighted by Crippen LogP contribution is -2.46. The van der Waals surface area contributed by atoms with E-state index in [2.05, 4.69) is 20.5 Å². The Labute approximate surface area is 181 Å². The molecule has 0 amide bonds. The maximum absolute atomic E-state index is 13.0. The Kier molecular flexibility index (Phi) is 6.35. The van der Waals surface area contributed by atoms with Crippen molar-refractivity contribution in [3.8, 4) is 0 Å². The first-order valence-corrected chi connectivity index (χ1v) is 12.7. The topological polar surface area (TPSA) is 77.6 Å². The van der Waals surface area contributed by atoms with Gasteiger partial charge in [-0.25, -0.2) is 13.4 Å². The molecule has 2 heterocycles. The standard InChI is InChI=1S/C19H27N5O2S3/c1-23-9-11-24(12-10-23)29(25,26)15-7-8-16-17(13-15)28-19(21-16)22-18(27)20-14-5-3-2-4-6-14/h7-8,13-14H,2-6,9-12H2,1H3,(H2,20,21,22,27). The lowest BCUT2D eigenvalue weighted by Gasteiger charge is -2.31. The zero-order valence-corrected chi connectivity index (χ0v) is 19.0. The van der Waals surface area contributed by atoms with Crippen LogP contribution in [0.15, 0.2) is 23.1 Å². The summed E-state index contributed by atoms with van der Waals surface area (Å²) in [4.78, 5) is 7.02. The maximum Gasteiger partial charge on any atom is 0.243 e. The molecule has 0 spiro atoms. The molecule has 10 heteroatoms. The lowest BCUT2D eigenvalue weighted by molar-refractivity contribution is 0.222. The molecule has 0 unspecified atom stereocenters. The van der Waals surface area contributed by atoms with Crippen molar-refractivity contribution in [2.45, 2.75) is 43.0 Å². The summed E-state index contributed by atoms with van der Waals surface area (Å²) >= 11 is 6.86. The Bertz CT molecular complexity index is 977. The zero-order valence-electron chi connectivity index (χ0n) is 16.6. The molecule has 1 aliphatic heterocycles. The summed E-state index contributed by atoms with van der Waals surface area (Å²) in [7, 11) is -1.47. The smallest absolute Gasteiger partial charge is 0.243 e. The highest BCUT2D eigenvalue weighted by atomic mass is 32.2. The van der Waals surface area contributed by atoms with Crippen LogP contribution >= 0.6 is 23.6 Å². The van der Waals surface area contributed by atoms with Gasteiger partial charge in [-0.1, -0.05) is 30.6 Å². The highest BCUT2D eigenvalue weighted by Gasteiger charge is 2.28. The summed E-state index contributed by atoms with van der Waals surface area (Å²) in [5.74, 6) is 0. The quantitative estimate of drug-likeness (QED) is 0.689. The Morgan fingerprint density at radius 1 is 1.17 bits per heavy atom. The molecule has 29 heavy (non-hydrogen) atoms. The Morgan fingerprint density at radius 2 is 1.90 bits per heavy atom. The number of hydrogen-bond acceptors (Lipinski definition) is 6. The van der Waals surface area contributed by atoms with E-state index in [4.69, 9.17) is 12.2 Å². The average molecular weight is 454 g/mol. The number of thiazole rings is 1. The molecule has 1 saturated carbocycles. The van der Waals surface area contributed by atoms with Gasteiger partial charge >= 0.3 is 0 Å². The molecule has 4 rings (SSSR count). The summed E-state index contributed by atoms with van der Waals surface area (Å²) < 4.78 is 28.4. The van der Waals surface area contributed by atoms with Gasteiger partial charge in [0.25, 0.3) is 0 Å². The summed E-state index contributed by atoms with van der Waals surface area (Å²) in [5.41, 5.74) is 0.773. The van der Waals surface area contributed by atoms with Gasteiger partial charge in [0, 0.05) is 32.2 Å². The van der Waals surface area contributed by atoms with Gasteiger partial charge in [-0.2, -0.15) is 4.31 Å². The second kappa shape index (κ2) is 8.81. The van der Waals surface area contributed by atoms with Gasteiger partial charge in [-0.15, -0.1) is 0 Å². The number of aromatic nitrogens is 1. The Balaban J connectivity index is 1.46. The average Bonchev–Trinajstić information content (AvgIpc) is 3.10. The second-order valence-electron chi connectivity index (χ2n) is 7.79. The van der Waals surface area contributed by atoms with Gasteiger partial charge in [0.2, 0.25) is 10.0 Å². The molecular weight excluding hydrogens is 426 g/mol. The number of nitrogens with zero attached hydrogens (tertiary/aromatic N) is 3. The largest absolute Gasteiger partial charge is 0.360 e. The molecule has 0 radical (unpaired) electrons. The summed E-state index contributed by atoms with van der Waals surface area (Å²) in [6.07, 6.45) is 6.08. The predicted molar refractivity (Wildman–Crippen MR) is 122 cm³/mol. The van der Waals surface area contributed by atoms with Crippen LogP contribution in [0.5, 0.6) is 0 Å². The highest BCUT2D eigenvalue weighted by molar-refractivity contribution is 7.89. The van der Waals surface area contributed by atoms with Crippen molar-refractivity contribution in [2.75, 3.05) is 38.5 Å². The first-order chi connectivity index (χ1) is 13.9. The van der Waals surface area contributed by atoms with Gasteiger partial charge in [-0.05, 0) is 50.3 Å². The number of piperazine rings is 1. The van der Waals surface area contributed by atoms with Gasteiger partial charge in [-0.3, -0.25) is 0 Å². The van der Waals surface area contributed by atoms with Gasteiger partial charge < -0.3 is 15.5 Å². The summed E-state index contributed by atoms with van der Waals surface area (Å²) in [5, 5.41) is 7.81. The molecule has 1 aliphatic carbocycles. The van der Waals surface area contributed by atoms with Crippen molar-refractivity contribution >= 4 is 54.0 Å². The van der Waals surface area contributed by atoms with Crippen LogP contribution in [0, 0.1) is 0 Å². The molecule has 0 atom stereocenters. The molecule has 2 N–H and O–H groups in total. The van der Waals surface area contributed by atoms with Crippen molar-refractivity contribution in [3.63, 3.8) is 0 Å². The van der Waals surface area contributed by atoms with Crippen molar-refractivity contribution in [1.29, 1.82) is 0 Å². The number of anilines is 1. The number of hydrogen-bond donors (Lipinski definition) is 2. The Hall–Kier alpha value is -1.33. The minimum Gasteiger partial charge on any atom is -0.360 e. The minimum absolute atomic E-state index is 0.327. The number of fused-ring (bicyclic) bond motifs is 1. The van der Waals surface area contributed by atoms with E-state index in [0.717, 1.165) is 36.1 Å². The van der Waals surface area contributed by atoms with Gasteiger partial charge in [0.15, 0.2) is 10.2 Å². The van der Waals surface area contributed by atoms with Crippen LogP contribution in [-0.4, -0.2) is 67.0 Å². The maximum atomic E-state index is 13.0. The fourth-order valence-electron chi connectivity index (χ4n) is 3.86. The lowest BCUT2D eigenvalue weighted by atomic mass is 9.96. The zero-order chi connectivity index (χ0) is 20.4. The van der Waals surface area contributed by atoms with E-state index in [1.165, 1.54) is 30.6 Å². The molecule has 2 aliphatic rings. The van der Waals surface area contributed by atoms with E-state index < -0.39 is 10.0 Å². The van der Waals surface area contributed by atoms with E-state index in [0.29, 0.717) is 34.3 Å². The van der Waals surface area contributed by atoms with Crippen LogP contribution in [0.4, 0.5) is 5.13 Å². The minimum atomic E-state index is -3.48. The van der Waals surface area contributed by atoms with Crippen molar-refractivity contribution in [3.05, 3.63) is 18.2 Å². The first-order valence-electron chi connectivity index (χ1n) is 10.1. The molecule has 1 aromatic heterocycles. The molecule has 158 valence electrons. The number of likely N-dealkylation sites (N-methyl/N-ethyl adjacent to an activating group) is 1. The predicted octanol–water partition coefficient (Wildman–Crippen LogP) is 2.85. The molecule has 1 saturated heterocycles. The molecule has 2 fully saturated rings. The summed E-state index contributed by atoms with van der Waals surface area (Å²) in [6.45, 7) is 2.55. The number of sulfonamides is 1. The van der Waals surface area contributed by atoms with Crippen molar-refractivity contribution in [2.24, 2.45) is 0 Å². The SMILES string of the molecule is CN1CCN(S(=O)(=O)c2ccc3nc(NC(=S)NC4CCCCC4)sc3c2)CC1. The van der Waals surface area contributed by atoms with Crippen LogP contribution in [0.2, 0.25) is 0 Å². The van der Waals surface area contributed by atoms with Crippen LogP contribution in [0.1, 0.15) is 32.1 Å². The number of nitrogens with one attached hydrogen (secondary N) is 2. The van der Waals surface area contributed by atoms with Crippen LogP contribution in [0.3, 0.4) is 0 Å². The Morgan fingerprint density at radius 3 is 2.62 bits per heavy atom. The van der Waals surface area contributed by atoms with E-state index in [1.54, 1.807) is 22.5 Å². The molecule has 2 aromatic rings. The van der Waals surface area contributed by atoms with Gasteiger partial charge in [0.05, 0.1) is 15.1 Å². The third-order valence-corrected chi connectivity index (χ3v) is 8.67. The fourth-order valence-corrected chi connectivity index (χ4v) is 6.62. The molecule has 1 aromatic carbocycles. The fraction of sp³-hybridized carbons (Fsp3) is 0.579. The molecule has 0 bridgehead atoms.